The molecule has 26 heavy (non-hydrogen) atoms. The van der Waals surface area contributed by atoms with Crippen LogP contribution in [0.1, 0.15) is 62.4 Å². The molecule has 1 spiro atoms. The van der Waals surface area contributed by atoms with E-state index < -0.39 is 0 Å². The minimum Gasteiger partial charge on any atom is -0.487 e. The third-order valence-electron chi connectivity index (χ3n) is 5.56. The summed E-state index contributed by atoms with van der Waals surface area (Å²) in [6, 6.07) is 8.08. The monoisotopic (exact) mass is 355 g/mol. The van der Waals surface area contributed by atoms with Crippen molar-refractivity contribution in [2.24, 2.45) is 0 Å². The molecule has 1 aliphatic heterocycles. The van der Waals surface area contributed by atoms with Gasteiger partial charge in [0.15, 0.2) is 0 Å². The molecule has 1 aliphatic carbocycles. The van der Waals surface area contributed by atoms with E-state index in [2.05, 4.69) is 26.9 Å². The first-order chi connectivity index (χ1) is 12.7. The van der Waals surface area contributed by atoms with Gasteiger partial charge in [0.25, 0.3) is 0 Å². The first-order valence-corrected chi connectivity index (χ1v) is 9.45. The van der Waals surface area contributed by atoms with Crippen LogP contribution in [0.15, 0.2) is 24.3 Å². The fourth-order valence-corrected chi connectivity index (χ4v) is 4.18. The standard InChI is InChI=1S/C19H25N5O2/c1-14-21-22-23-24(14)12-9-18(25)20-16-13-19(10-5-2-6-11-19)26-17-8-4-3-7-15(16)17/h3-4,7-8,16H,2,5-6,9-13H2,1H3,(H,20,25)/t16-/m0/s1. The zero-order valence-corrected chi connectivity index (χ0v) is 15.1. The summed E-state index contributed by atoms with van der Waals surface area (Å²) >= 11 is 0. The number of fused-ring (bicyclic) bond motifs is 1. The van der Waals surface area contributed by atoms with Gasteiger partial charge in [0, 0.05) is 18.4 Å². The average molecular weight is 355 g/mol. The molecule has 1 atom stereocenters. The van der Waals surface area contributed by atoms with Gasteiger partial charge in [-0.1, -0.05) is 24.6 Å². The van der Waals surface area contributed by atoms with Gasteiger partial charge in [0.1, 0.15) is 17.2 Å². The number of ether oxygens (including phenoxy) is 1. The van der Waals surface area contributed by atoms with Crippen LogP contribution in [-0.2, 0) is 11.3 Å². The van der Waals surface area contributed by atoms with E-state index in [1.165, 1.54) is 19.3 Å². The van der Waals surface area contributed by atoms with Gasteiger partial charge in [-0.2, -0.15) is 0 Å². The molecule has 2 heterocycles. The molecule has 4 rings (SSSR count). The van der Waals surface area contributed by atoms with Gasteiger partial charge in [-0.15, -0.1) is 5.10 Å². The maximum atomic E-state index is 12.6. The van der Waals surface area contributed by atoms with Crippen molar-refractivity contribution in [3.8, 4) is 5.75 Å². The van der Waals surface area contributed by atoms with E-state index >= 15 is 0 Å². The van der Waals surface area contributed by atoms with Crippen LogP contribution in [0.4, 0.5) is 0 Å². The number of benzene rings is 1. The maximum Gasteiger partial charge on any atom is 0.222 e. The molecular weight excluding hydrogens is 330 g/mol. The molecule has 0 radical (unpaired) electrons. The van der Waals surface area contributed by atoms with Gasteiger partial charge in [-0.05, 0) is 49.1 Å². The van der Waals surface area contributed by atoms with Gasteiger partial charge in [0.2, 0.25) is 5.91 Å². The van der Waals surface area contributed by atoms with Crippen molar-refractivity contribution in [1.82, 2.24) is 25.5 Å². The molecule has 7 heteroatoms. The van der Waals surface area contributed by atoms with Gasteiger partial charge in [-0.3, -0.25) is 4.79 Å². The van der Waals surface area contributed by atoms with Crippen LogP contribution in [0.25, 0.3) is 0 Å². The van der Waals surface area contributed by atoms with Crippen LogP contribution in [0.5, 0.6) is 5.75 Å². The van der Waals surface area contributed by atoms with E-state index in [4.69, 9.17) is 4.74 Å². The largest absolute Gasteiger partial charge is 0.487 e. The Bertz CT molecular complexity index is 782. The van der Waals surface area contributed by atoms with Crippen LogP contribution in [0, 0.1) is 6.92 Å². The Labute approximate surface area is 153 Å². The fourth-order valence-electron chi connectivity index (χ4n) is 4.18. The lowest BCUT2D eigenvalue weighted by Crippen LogP contribution is -2.46. The van der Waals surface area contributed by atoms with Crippen LogP contribution in [0.3, 0.4) is 0 Å². The van der Waals surface area contributed by atoms with Gasteiger partial charge >= 0.3 is 0 Å². The number of tetrazole rings is 1. The summed E-state index contributed by atoms with van der Waals surface area (Å²) in [5.41, 5.74) is 0.951. The van der Waals surface area contributed by atoms with Gasteiger partial charge in [0.05, 0.1) is 12.6 Å². The first-order valence-electron chi connectivity index (χ1n) is 9.45. The number of rotatable bonds is 4. The maximum absolute atomic E-state index is 12.6. The summed E-state index contributed by atoms with van der Waals surface area (Å²) in [4.78, 5) is 12.6. The molecule has 2 aromatic rings. The second-order valence-corrected chi connectivity index (χ2v) is 7.41. The molecule has 1 aromatic carbocycles. The highest BCUT2D eigenvalue weighted by atomic mass is 16.5. The quantitative estimate of drug-likeness (QED) is 0.912. The van der Waals surface area contributed by atoms with E-state index in [0.717, 1.165) is 36.4 Å². The fraction of sp³-hybridized carbons (Fsp3) is 0.579. The molecule has 1 aromatic heterocycles. The number of para-hydroxylation sites is 1. The molecule has 1 saturated carbocycles. The predicted molar refractivity (Wildman–Crippen MR) is 95.6 cm³/mol. The second-order valence-electron chi connectivity index (χ2n) is 7.41. The normalized spacial score (nSPS) is 21.0. The lowest BCUT2D eigenvalue weighted by atomic mass is 9.77. The van der Waals surface area contributed by atoms with Crippen molar-refractivity contribution in [1.29, 1.82) is 0 Å². The Balaban J connectivity index is 1.47. The van der Waals surface area contributed by atoms with Gasteiger partial charge in [-0.25, -0.2) is 4.68 Å². The van der Waals surface area contributed by atoms with E-state index in [1.807, 2.05) is 25.1 Å². The average Bonchev–Trinajstić information content (AvgIpc) is 3.05. The minimum absolute atomic E-state index is 0.000480. The van der Waals surface area contributed by atoms with Crippen molar-refractivity contribution >= 4 is 5.91 Å². The molecule has 1 N–H and O–H groups in total. The first kappa shape index (κ1) is 17.0. The van der Waals surface area contributed by atoms with Gasteiger partial charge < -0.3 is 10.1 Å². The number of aromatic nitrogens is 4. The molecule has 0 saturated heterocycles. The molecule has 0 unspecified atom stereocenters. The smallest absolute Gasteiger partial charge is 0.222 e. The Hall–Kier alpha value is -2.44. The zero-order valence-electron chi connectivity index (χ0n) is 15.1. The summed E-state index contributed by atoms with van der Waals surface area (Å²) in [5.74, 6) is 1.66. The molecule has 7 nitrogen and oxygen atoms in total. The van der Waals surface area contributed by atoms with Crippen LogP contribution >= 0.6 is 0 Å². The highest BCUT2D eigenvalue weighted by molar-refractivity contribution is 5.76. The lowest BCUT2D eigenvalue weighted by Gasteiger charge is -2.44. The van der Waals surface area contributed by atoms with E-state index in [9.17, 15) is 4.79 Å². The molecule has 138 valence electrons. The molecule has 1 fully saturated rings. The molecular formula is C19H25N5O2. The second kappa shape index (κ2) is 7.05. The third-order valence-corrected chi connectivity index (χ3v) is 5.56. The number of aryl methyl sites for hydroxylation is 2. The Morgan fingerprint density at radius 3 is 2.88 bits per heavy atom. The lowest BCUT2D eigenvalue weighted by molar-refractivity contribution is -0.122. The number of hydrogen-bond donors (Lipinski definition) is 1. The summed E-state index contributed by atoms with van der Waals surface area (Å²) in [6.45, 7) is 2.32. The summed E-state index contributed by atoms with van der Waals surface area (Å²) in [6.07, 6.45) is 7.00. The molecule has 2 aliphatic rings. The van der Waals surface area contributed by atoms with Crippen molar-refractivity contribution in [2.45, 2.75) is 70.1 Å². The minimum atomic E-state index is -0.128. The Morgan fingerprint density at radius 1 is 1.31 bits per heavy atom. The van der Waals surface area contributed by atoms with Crippen molar-refractivity contribution < 1.29 is 9.53 Å². The summed E-state index contributed by atoms with van der Waals surface area (Å²) in [7, 11) is 0. The van der Waals surface area contributed by atoms with Crippen LogP contribution < -0.4 is 10.1 Å². The number of hydrogen-bond acceptors (Lipinski definition) is 5. The highest BCUT2D eigenvalue weighted by Crippen LogP contribution is 2.45. The van der Waals surface area contributed by atoms with E-state index in [0.29, 0.717) is 13.0 Å². The van der Waals surface area contributed by atoms with E-state index in [1.54, 1.807) is 4.68 Å². The Morgan fingerprint density at radius 2 is 2.12 bits per heavy atom. The number of nitrogens with zero attached hydrogens (tertiary/aromatic N) is 4. The van der Waals surface area contributed by atoms with Crippen LogP contribution in [-0.4, -0.2) is 31.7 Å². The highest BCUT2D eigenvalue weighted by Gasteiger charge is 2.42. The number of carbonyl (C=O) groups is 1. The topological polar surface area (TPSA) is 81.9 Å². The van der Waals surface area contributed by atoms with E-state index in [-0.39, 0.29) is 17.6 Å². The predicted octanol–water partition coefficient (Wildman–Crippen LogP) is 2.71. The number of nitrogens with one attached hydrogen (secondary N) is 1. The van der Waals surface area contributed by atoms with Crippen molar-refractivity contribution in [3.63, 3.8) is 0 Å². The number of carbonyl (C=O) groups excluding carboxylic acids is 1. The van der Waals surface area contributed by atoms with Crippen molar-refractivity contribution in [2.75, 3.05) is 0 Å². The summed E-state index contributed by atoms with van der Waals surface area (Å²) < 4.78 is 8.08. The molecule has 0 bridgehead atoms. The van der Waals surface area contributed by atoms with Crippen molar-refractivity contribution in [3.05, 3.63) is 35.7 Å². The number of amides is 1. The van der Waals surface area contributed by atoms with Crippen LogP contribution in [0.2, 0.25) is 0 Å². The zero-order chi connectivity index (χ0) is 18.0. The third kappa shape index (κ3) is 3.43. The summed E-state index contributed by atoms with van der Waals surface area (Å²) in [5, 5.41) is 14.6. The Kier molecular flexibility index (Phi) is 4.61. The molecule has 1 amide bonds. The SMILES string of the molecule is Cc1nnnn1CCC(=O)N[C@H]1CC2(CCCCC2)Oc2ccccc21.